The van der Waals surface area contributed by atoms with Crippen molar-refractivity contribution in [2.24, 2.45) is 0 Å². The van der Waals surface area contributed by atoms with E-state index in [1.807, 2.05) is 4.90 Å². The molecule has 0 atom stereocenters. The van der Waals surface area contributed by atoms with Crippen LogP contribution in [0, 0.1) is 5.82 Å². The van der Waals surface area contributed by atoms with Crippen LogP contribution in [0.4, 0.5) is 10.1 Å². The van der Waals surface area contributed by atoms with Gasteiger partial charge in [-0.05, 0) is 12.1 Å². The van der Waals surface area contributed by atoms with E-state index >= 15 is 0 Å². The van der Waals surface area contributed by atoms with E-state index < -0.39 is 9.84 Å². The van der Waals surface area contributed by atoms with E-state index in [0.29, 0.717) is 24.3 Å². The Balaban J connectivity index is 2.27. The summed E-state index contributed by atoms with van der Waals surface area (Å²) >= 11 is 5.73. The summed E-state index contributed by atoms with van der Waals surface area (Å²) in [6, 6.07) is 4.75. The van der Waals surface area contributed by atoms with Crippen LogP contribution >= 0.6 is 11.6 Å². The molecule has 2 rings (SSSR count). The number of sulfone groups is 1. The van der Waals surface area contributed by atoms with Gasteiger partial charge in [0.1, 0.15) is 5.82 Å². The topological polar surface area (TPSA) is 37.4 Å². The molecule has 1 aromatic rings. The first-order valence-electron chi connectivity index (χ1n) is 5.32. The number of benzene rings is 1. The van der Waals surface area contributed by atoms with Gasteiger partial charge in [0.2, 0.25) is 0 Å². The molecular formula is C11H13ClFNO2S. The van der Waals surface area contributed by atoms with Crippen molar-refractivity contribution >= 4 is 27.1 Å². The van der Waals surface area contributed by atoms with Gasteiger partial charge >= 0.3 is 0 Å². The Hall–Kier alpha value is -0.810. The van der Waals surface area contributed by atoms with E-state index in [-0.39, 0.29) is 23.2 Å². The van der Waals surface area contributed by atoms with Crippen LogP contribution in [-0.2, 0) is 15.7 Å². The van der Waals surface area contributed by atoms with Crippen molar-refractivity contribution in [3.05, 3.63) is 29.6 Å². The number of nitrogens with zero attached hydrogens (tertiary/aromatic N) is 1. The van der Waals surface area contributed by atoms with Crippen LogP contribution in [0.2, 0.25) is 0 Å². The van der Waals surface area contributed by atoms with Crippen molar-refractivity contribution in [3.8, 4) is 0 Å². The van der Waals surface area contributed by atoms with Crippen LogP contribution in [0.3, 0.4) is 0 Å². The van der Waals surface area contributed by atoms with Gasteiger partial charge in [-0.15, -0.1) is 11.6 Å². The van der Waals surface area contributed by atoms with E-state index in [1.165, 1.54) is 6.07 Å². The van der Waals surface area contributed by atoms with Crippen molar-refractivity contribution in [1.82, 2.24) is 0 Å². The zero-order valence-electron chi connectivity index (χ0n) is 9.20. The second-order valence-electron chi connectivity index (χ2n) is 4.01. The van der Waals surface area contributed by atoms with Gasteiger partial charge in [-0.3, -0.25) is 0 Å². The molecule has 94 valence electrons. The minimum absolute atomic E-state index is 0.0885. The number of anilines is 1. The average molecular weight is 278 g/mol. The summed E-state index contributed by atoms with van der Waals surface area (Å²) in [4.78, 5) is 1.88. The van der Waals surface area contributed by atoms with Gasteiger partial charge in [-0.25, -0.2) is 12.8 Å². The Morgan fingerprint density at radius 2 is 1.94 bits per heavy atom. The van der Waals surface area contributed by atoms with Gasteiger partial charge in [0.25, 0.3) is 0 Å². The van der Waals surface area contributed by atoms with Crippen LogP contribution in [0.25, 0.3) is 0 Å². The third-order valence-corrected chi connectivity index (χ3v) is 4.79. The summed E-state index contributed by atoms with van der Waals surface area (Å²) in [5.74, 6) is -0.0206. The molecule has 17 heavy (non-hydrogen) atoms. The second kappa shape index (κ2) is 4.82. The van der Waals surface area contributed by atoms with Crippen LogP contribution in [0.1, 0.15) is 5.56 Å². The second-order valence-corrected chi connectivity index (χ2v) is 6.58. The first kappa shape index (κ1) is 12.6. The lowest BCUT2D eigenvalue weighted by atomic mass is 10.1. The predicted octanol–water partition coefficient (Wildman–Crippen LogP) is 1.80. The Kier molecular flexibility index (Phi) is 3.58. The molecular weight excluding hydrogens is 265 g/mol. The number of halogens is 2. The molecule has 0 bridgehead atoms. The zero-order valence-corrected chi connectivity index (χ0v) is 10.8. The maximum atomic E-state index is 13.5. The Morgan fingerprint density at radius 1 is 1.29 bits per heavy atom. The van der Waals surface area contributed by atoms with E-state index in [4.69, 9.17) is 11.6 Å². The predicted molar refractivity (Wildman–Crippen MR) is 66.8 cm³/mol. The maximum absolute atomic E-state index is 13.5. The fourth-order valence-electron chi connectivity index (χ4n) is 1.93. The van der Waals surface area contributed by atoms with Gasteiger partial charge < -0.3 is 4.90 Å². The first-order chi connectivity index (χ1) is 8.03. The van der Waals surface area contributed by atoms with Crippen LogP contribution in [0.15, 0.2) is 18.2 Å². The Bertz CT molecular complexity index is 504. The number of rotatable bonds is 2. The number of alkyl halides is 1. The lowest BCUT2D eigenvalue weighted by molar-refractivity contribution is 0.586. The van der Waals surface area contributed by atoms with E-state index in [2.05, 4.69) is 0 Å². The van der Waals surface area contributed by atoms with E-state index in [9.17, 15) is 12.8 Å². The van der Waals surface area contributed by atoms with E-state index in [0.717, 1.165) is 0 Å². The highest BCUT2D eigenvalue weighted by Crippen LogP contribution is 2.26. The summed E-state index contributed by atoms with van der Waals surface area (Å²) in [7, 11) is -2.92. The zero-order chi connectivity index (χ0) is 12.5. The van der Waals surface area contributed by atoms with Gasteiger partial charge in [0.05, 0.1) is 17.4 Å². The summed E-state index contributed by atoms with van der Waals surface area (Å²) in [5.41, 5.74) is 1.14. The molecule has 1 aliphatic heterocycles. The van der Waals surface area contributed by atoms with Crippen molar-refractivity contribution in [1.29, 1.82) is 0 Å². The quantitative estimate of drug-likeness (QED) is 0.774. The molecule has 0 aliphatic carbocycles. The Labute approximate surface area is 105 Å². The molecule has 0 unspecified atom stereocenters. The van der Waals surface area contributed by atoms with Gasteiger partial charge in [0.15, 0.2) is 9.84 Å². The molecule has 0 radical (unpaired) electrons. The van der Waals surface area contributed by atoms with Crippen LogP contribution < -0.4 is 4.90 Å². The minimum atomic E-state index is -2.92. The number of hydrogen-bond donors (Lipinski definition) is 0. The van der Waals surface area contributed by atoms with Crippen molar-refractivity contribution in [2.45, 2.75) is 5.88 Å². The largest absolute Gasteiger partial charge is 0.369 e. The van der Waals surface area contributed by atoms with Crippen molar-refractivity contribution < 1.29 is 12.8 Å². The van der Waals surface area contributed by atoms with Gasteiger partial charge in [0, 0.05) is 24.3 Å². The fraction of sp³-hybridized carbons (Fsp3) is 0.455. The standard InChI is InChI=1S/C11H13ClFNO2S/c12-8-9-10(13)2-1-3-11(9)14-4-6-17(15,16)7-5-14/h1-3H,4-8H2. The van der Waals surface area contributed by atoms with Gasteiger partial charge in [-0.2, -0.15) is 0 Å². The van der Waals surface area contributed by atoms with Gasteiger partial charge in [-0.1, -0.05) is 6.07 Å². The monoisotopic (exact) mass is 277 g/mol. The smallest absolute Gasteiger partial charge is 0.153 e. The molecule has 0 spiro atoms. The third kappa shape index (κ3) is 2.72. The molecule has 6 heteroatoms. The lowest BCUT2D eigenvalue weighted by Crippen LogP contribution is -2.40. The highest BCUT2D eigenvalue weighted by atomic mass is 35.5. The van der Waals surface area contributed by atoms with Crippen LogP contribution in [-0.4, -0.2) is 33.0 Å². The van der Waals surface area contributed by atoms with Crippen molar-refractivity contribution in [3.63, 3.8) is 0 Å². The number of hydrogen-bond acceptors (Lipinski definition) is 3. The third-order valence-electron chi connectivity index (χ3n) is 2.91. The fourth-order valence-corrected chi connectivity index (χ4v) is 3.39. The molecule has 1 fully saturated rings. The molecule has 3 nitrogen and oxygen atoms in total. The molecule has 1 heterocycles. The highest BCUT2D eigenvalue weighted by molar-refractivity contribution is 7.91. The normalized spacial score (nSPS) is 19.3. The maximum Gasteiger partial charge on any atom is 0.153 e. The van der Waals surface area contributed by atoms with E-state index in [1.54, 1.807) is 12.1 Å². The molecule has 0 amide bonds. The molecule has 0 aromatic heterocycles. The molecule has 1 aliphatic rings. The highest BCUT2D eigenvalue weighted by Gasteiger charge is 2.23. The SMILES string of the molecule is O=S1(=O)CCN(c2cccc(F)c2CCl)CC1. The Morgan fingerprint density at radius 3 is 2.53 bits per heavy atom. The summed E-state index contributed by atoms with van der Waals surface area (Å²) in [6.07, 6.45) is 0. The minimum Gasteiger partial charge on any atom is -0.369 e. The molecule has 0 N–H and O–H groups in total. The molecule has 1 aromatic carbocycles. The molecule has 1 saturated heterocycles. The van der Waals surface area contributed by atoms with Crippen LogP contribution in [0.5, 0.6) is 0 Å². The summed E-state index contributed by atoms with van der Waals surface area (Å²) in [6.45, 7) is 0.797. The average Bonchev–Trinajstić information content (AvgIpc) is 2.29. The lowest BCUT2D eigenvalue weighted by Gasteiger charge is -2.30. The summed E-state index contributed by atoms with van der Waals surface area (Å²) in [5, 5.41) is 0. The first-order valence-corrected chi connectivity index (χ1v) is 7.68. The van der Waals surface area contributed by atoms with Crippen molar-refractivity contribution in [2.75, 3.05) is 29.5 Å². The summed E-state index contributed by atoms with van der Waals surface area (Å²) < 4.78 is 36.2. The molecule has 0 saturated carbocycles.